The van der Waals surface area contributed by atoms with E-state index in [-0.39, 0.29) is 11.7 Å². The van der Waals surface area contributed by atoms with Crippen LogP contribution in [0.4, 0.5) is 5.69 Å². The van der Waals surface area contributed by atoms with Crippen LogP contribution in [-0.2, 0) is 11.2 Å². The van der Waals surface area contributed by atoms with Crippen LogP contribution in [0.15, 0.2) is 47.6 Å². The van der Waals surface area contributed by atoms with E-state index < -0.39 is 0 Å². The van der Waals surface area contributed by atoms with Gasteiger partial charge in [-0.15, -0.1) is 10.2 Å². The second-order valence-corrected chi connectivity index (χ2v) is 7.08. The Morgan fingerprint density at radius 1 is 1.14 bits per heavy atom. The highest BCUT2D eigenvalue weighted by Gasteiger charge is 2.16. The molecule has 9 heteroatoms. The van der Waals surface area contributed by atoms with E-state index in [0.717, 1.165) is 23.2 Å². The van der Waals surface area contributed by atoms with Crippen LogP contribution in [-0.4, -0.2) is 40.8 Å². The van der Waals surface area contributed by atoms with Crippen molar-refractivity contribution in [3.05, 3.63) is 48.0 Å². The molecule has 0 radical (unpaired) electrons. The zero-order valence-electron chi connectivity index (χ0n) is 16.5. The van der Waals surface area contributed by atoms with Gasteiger partial charge in [0.15, 0.2) is 17.3 Å². The van der Waals surface area contributed by atoms with Crippen LogP contribution in [0.3, 0.4) is 0 Å². The maximum Gasteiger partial charge on any atom is 0.234 e. The van der Waals surface area contributed by atoms with Gasteiger partial charge < -0.3 is 20.6 Å². The minimum absolute atomic E-state index is 0.140. The Morgan fingerprint density at radius 2 is 1.93 bits per heavy atom. The molecule has 0 aliphatic rings. The second kappa shape index (κ2) is 9.33. The van der Waals surface area contributed by atoms with Crippen molar-refractivity contribution >= 4 is 23.4 Å². The number of ether oxygens (including phenoxy) is 2. The molecule has 0 fully saturated rings. The number of nitrogens with two attached hydrogens (primary N) is 1. The zero-order chi connectivity index (χ0) is 20.8. The number of nitrogens with zero attached hydrogens (tertiary/aromatic N) is 3. The zero-order valence-corrected chi connectivity index (χ0v) is 17.3. The van der Waals surface area contributed by atoms with Gasteiger partial charge in [-0.2, -0.15) is 0 Å². The largest absolute Gasteiger partial charge is 0.493 e. The van der Waals surface area contributed by atoms with Gasteiger partial charge in [0.25, 0.3) is 0 Å². The molecule has 3 rings (SSSR count). The molecule has 152 valence electrons. The Morgan fingerprint density at radius 3 is 2.66 bits per heavy atom. The van der Waals surface area contributed by atoms with E-state index in [9.17, 15) is 4.79 Å². The fraction of sp³-hybridized carbons (Fsp3) is 0.250. The Hall–Kier alpha value is -3.20. The topological polar surface area (TPSA) is 104 Å². The Balaban J connectivity index is 1.67. The van der Waals surface area contributed by atoms with E-state index in [1.54, 1.807) is 26.4 Å². The first-order chi connectivity index (χ1) is 14.0. The predicted molar refractivity (Wildman–Crippen MR) is 114 cm³/mol. The standard InChI is InChI=1S/C20H23N5O3S/c1-4-13-6-5-7-15(10-13)22-18(26)12-29-20-24-23-19(25(20)21)14-8-9-16(27-2)17(11-14)28-3/h5-11H,4,12,21H2,1-3H3,(H,22,26). The van der Waals surface area contributed by atoms with Crippen LogP contribution in [0.2, 0.25) is 0 Å². The van der Waals surface area contributed by atoms with E-state index in [2.05, 4.69) is 22.4 Å². The number of thioether (sulfide) groups is 1. The summed E-state index contributed by atoms with van der Waals surface area (Å²) in [6, 6.07) is 13.1. The van der Waals surface area contributed by atoms with Crippen molar-refractivity contribution in [2.75, 3.05) is 31.1 Å². The number of benzene rings is 2. The van der Waals surface area contributed by atoms with Crippen molar-refractivity contribution in [1.82, 2.24) is 14.9 Å². The molecular weight excluding hydrogens is 390 g/mol. The third-order valence-corrected chi connectivity index (χ3v) is 5.20. The van der Waals surface area contributed by atoms with Crippen LogP contribution in [0, 0.1) is 0 Å². The van der Waals surface area contributed by atoms with Gasteiger partial charge in [0.05, 0.1) is 20.0 Å². The highest BCUT2D eigenvalue weighted by molar-refractivity contribution is 7.99. The van der Waals surface area contributed by atoms with Gasteiger partial charge in [-0.1, -0.05) is 30.8 Å². The number of nitrogen functional groups attached to an aromatic ring is 1. The lowest BCUT2D eigenvalue weighted by Crippen LogP contribution is -2.16. The van der Waals surface area contributed by atoms with Crippen LogP contribution >= 0.6 is 11.8 Å². The number of rotatable bonds is 8. The smallest absolute Gasteiger partial charge is 0.234 e. The first kappa shape index (κ1) is 20.5. The van der Waals surface area contributed by atoms with Crippen molar-refractivity contribution in [3.63, 3.8) is 0 Å². The maximum atomic E-state index is 12.3. The van der Waals surface area contributed by atoms with Gasteiger partial charge in [-0.25, -0.2) is 4.68 Å². The van der Waals surface area contributed by atoms with Crippen molar-refractivity contribution in [3.8, 4) is 22.9 Å². The van der Waals surface area contributed by atoms with E-state index in [4.69, 9.17) is 15.3 Å². The lowest BCUT2D eigenvalue weighted by Gasteiger charge is -2.09. The minimum atomic E-state index is -0.140. The van der Waals surface area contributed by atoms with Gasteiger partial charge in [0.2, 0.25) is 11.1 Å². The average molecular weight is 414 g/mol. The Bertz CT molecular complexity index is 1010. The summed E-state index contributed by atoms with van der Waals surface area (Å²) in [5.41, 5.74) is 2.66. The molecule has 1 aromatic heterocycles. The first-order valence-electron chi connectivity index (χ1n) is 9.00. The number of aryl methyl sites for hydroxylation is 1. The number of anilines is 1. The summed E-state index contributed by atoms with van der Waals surface area (Å²) in [6.45, 7) is 2.07. The van der Waals surface area contributed by atoms with Gasteiger partial charge in [-0.05, 0) is 42.3 Å². The average Bonchev–Trinajstić information content (AvgIpc) is 3.12. The molecule has 0 atom stereocenters. The van der Waals surface area contributed by atoms with E-state index in [1.807, 2.05) is 30.3 Å². The number of hydrogen-bond acceptors (Lipinski definition) is 7. The molecule has 0 saturated heterocycles. The molecule has 0 aliphatic heterocycles. The van der Waals surface area contributed by atoms with Crippen LogP contribution in [0.1, 0.15) is 12.5 Å². The summed E-state index contributed by atoms with van der Waals surface area (Å²) in [6.07, 6.45) is 0.910. The number of carbonyl (C=O) groups is 1. The molecule has 0 unspecified atom stereocenters. The van der Waals surface area contributed by atoms with E-state index in [1.165, 1.54) is 16.4 Å². The minimum Gasteiger partial charge on any atom is -0.493 e. The lowest BCUT2D eigenvalue weighted by molar-refractivity contribution is -0.113. The summed E-state index contributed by atoms with van der Waals surface area (Å²) >= 11 is 1.21. The molecular formula is C20H23N5O3S. The Labute approximate surface area is 173 Å². The summed E-state index contributed by atoms with van der Waals surface area (Å²) in [7, 11) is 3.13. The van der Waals surface area contributed by atoms with Gasteiger partial charge >= 0.3 is 0 Å². The summed E-state index contributed by atoms with van der Waals surface area (Å²) in [5, 5.41) is 11.6. The fourth-order valence-electron chi connectivity index (χ4n) is 2.74. The fourth-order valence-corrected chi connectivity index (χ4v) is 3.40. The summed E-state index contributed by atoms with van der Waals surface area (Å²) in [5.74, 6) is 7.80. The molecule has 1 heterocycles. The van der Waals surface area contributed by atoms with Crippen molar-refractivity contribution in [2.45, 2.75) is 18.5 Å². The number of amides is 1. The quantitative estimate of drug-likeness (QED) is 0.432. The summed E-state index contributed by atoms with van der Waals surface area (Å²) < 4.78 is 11.9. The monoisotopic (exact) mass is 413 g/mol. The van der Waals surface area contributed by atoms with Crippen molar-refractivity contribution in [2.24, 2.45) is 0 Å². The van der Waals surface area contributed by atoms with Crippen molar-refractivity contribution < 1.29 is 14.3 Å². The van der Waals surface area contributed by atoms with Crippen molar-refractivity contribution in [1.29, 1.82) is 0 Å². The lowest BCUT2D eigenvalue weighted by atomic mass is 10.1. The third-order valence-electron chi connectivity index (χ3n) is 4.26. The van der Waals surface area contributed by atoms with Crippen LogP contribution < -0.4 is 20.6 Å². The molecule has 3 N–H and O–H groups in total. The second-order valence-electron chi connectivity index (χ2n) is 6.14. The molecule has 3 aromatic rings. The molecule has 8 nitrogen and oxygen atoms in total. The maximum absolute atomic E-state index is 12.3. The SMILES string of the molecule is CCc1cccc(NC(=O)CSc2nnc(-c3ccc(OC)c(OC)c3)n2N)c1. The molecule has 1 amide bonds. The molecule has 0 bridgehead atoms. The number of nitrogens with one attached hydrogen (secondary N) is 1. The molecule has 2 aromatic carbocycles. The summed E-state index contributed by atoms with van der Waals surface area (Å²) in [4.78, 5) is 12.3. The number of methoxy groups -OCH3 is 2. The molecule has 0 spiro atoms. The van der Waals surface area contributed by atoms with Gasteiger partial charge in [0, 0.05) is 11.3 Å². The Kier molecular flexibility index (Phi) is 6.61. The normalized spacial score (nSPS) is 10.6. The number of carbonyl (C=O) groups excluding carboxylic acids is 1. The molecule has 0 aliphatic carbocycles. The van der Waals surface area contributed by atoms with E-state index >= 15 is 0 Å². The highest BCUT2D eigenvalue weighted by Crippen LogP contribution is 2.32. The third kappa shape index (κ3) is 4.80. The first-order valence-corrected chi connectivity index (χ1v) is 9.98. The highest BCUT2D eigenvalue weighted by atomic mass is 32.2. The molecule has 29 heavy (non-hydrogen) atoms. The molecule has 0 saturated carbocycles. The van der Waals surface area contributed by atoms with Gasteiger partial charge in [0.1, 0.15) is 0 Å². The predicted octanol–water partition coefficient (Wildman–Crippen LogP) is 2.97. The van der Waals surface area contributed by atoms with Crippen LogP contribution in [0.5, 0.6) is 11.5 Å². The van der Waals surface area contributed by atoms with Crippen LogP contribution in [0.25, 0.3) is 11.4 Å². The van der Waals surface area contributed by atoms with Gasteiger partial charge in [-0.3, -0.25) is 4.79 Å². The number of aromatic nitrogens is 3. The van der Waals surface area contributed by atoms with E-state index in [0.29, 0.717) is 22.5 Å². The number of hydrogen-bond donors (Lipinski definition) is 2.